The van der Waals surface area contributed by atoms with E-state index in [4.69, 9.17) is 4.42 Å². The maximum Gasteiger partial charge on any atom is 0.225 e. The first-order valence-corrected chi connectivity index (χ1v) is 4.72. The van der Waals surface area contributed by atoms with Crippen LogP contribution in [0.3, 0.4) is 0 Å². The summed E-state index contributed by atoms with van der Waals surface area (Å²) in [5.74, 6) is 0.653. The van der Waals surface area contributed by atoms with Crippen molar-refractivity contribution in [1.82, 2.24) is 4.98 Å². The van der Waals surface area contributed by atoms with E-state index in [0.717, 1.165) is 10.0 Å². The zero-order valence-corrected chi connectivity index (χ0v) is 8.71. The Bertz CT molecular complexity index is 409. The number of nitrogens with zero attached hydrogens (tertiary/aromatic N) is 1. The standard InChI is InChI=1S/C10H8BrNO/c1-7-2-3-8(6-9(7)11)10-12-4-5-13-10/h2-6H,1H3. The summed E-state index contributed by atoms with van der Waals surface area (Å²) in [7, 11) is 0. The Kier molecular flexibility index (Phi) is 2.19. The second-order valence-corrected chi connectivity index (χ2v) is 3.66. The lowest BCUT2D eigenvalue weighted by molar-refractivity contribution is 0.574. The fourth-order valence-electron chi connectivity index (χ4n) is 1.09. The molecule has 0 bridgehead atoms. The zero-order chi connectivity index (χ0) is 9.26. The van der Waals surface area contributed by atoms with Gasteiger partial charge in [0.25, 0.3) is 0 Å². The highest BCUT2D eigenvalue weighted by atomic mass is 79.9. The third-order valence-corrected chi connectivity index (χ3v) is 2.71. The average molecular weight is 238 g/mol. The molecule has 2 rings (SSSR count). The third kappa shape index (κ3) is 1.65. The summed E-state index contributed by atoms with van der Waals surface area (Å²) >= 11 is 3.46. The number of rotatable bonds is 1. The molecule has 0 radical (unpaired) electrons. The number of aromatic nitrogens is 1. The Hall–Kier alpha value is -1.09. The van der Waals surface area contributed by atoms with E-state index in [2.05, 4.69) is 20.9 Å². The van der Waals surface area contributed by atoms with E-state index < -0.39 is 0 Å². The normalized spacial score (nSPS) is 10.3. The first-order chi connectivity index (χ1) is 6.27. The largest absolute Gasteiger partial charge is 0.445 e. The predicted octanol–water partition coefficient (Wildman–Crippen LogP) is 3.41. The number of aryl methyl sites for hydroxylation is 1. The van der Waals surface area contributed by atoms with Crippen LogP contribution in [-0.2, 0) is 0 Å². The average Bonchev–Trinajstić information content (AvgIpc) is 2.62. The fourth-order valence-corrected chi connectivity index (χ4v) is 1.47. The second kappa shape index (κ2) is 3.34. The van der Waals surface area contributed by atoms with Gasteiger partial charge in [-0.15, -0.1) is 0 Å². The van der Waals surface area contributed by atoms with Crippen LogP contribution < -0.4 is 0 Å². The molecule has 1 aromatic heterocycles. The molecule has 0 saturated carbocycles. The number of hydrogen-bond donors (Lipinski definition) is 0. The molecule has 2 nitrogen and oxygen atoms in total. The van der Waals surface area contributed by atoms with Crippen molar-refractivity contribution in [2.24, 2.45) is 0 Å². The molecule has 2 aromatic rings. The van der Waals surface area contributed by atoms with Crippen molar-refractivity contribution >= 4 is 15.9 Å². The maximum atomic E-state index is 5.18. The Morgan fingerprint density at radius 1 is 1.38 bits per heavy atom. The summed E-state index contributed by atoms with van der Waals surface area (Å²) < 4.78 is 6.25. The van der Waals surface area contributed by atoms with E-state index >= 15 is 0 Å². The van der Waals surface area contributed by atoms with Crippen LogP contribution in [0, 0.1) is 6.92 Å². The van der Waals surface area contributed by atoms with Gasteiger partial charge >= 0.3 is 0 Å². The van der Waals surface area contributed by atoms with Crippen molar-refractivity contribution in [2.45, 2.75) is 6.92 Å². The summed E-state index contributed by atoms with van der Waals surface area (Å²) in [5, 5.41) is 0. The molecule has 0 aliphatic heterocycles. The predicted molar refractivity (Wildman–Crippen MR) is 54.4 cm³/mol. The lowest BCUT2D eigenvalue weighted by Gasteiger charge is -1.99. The molecule has 0 unspecified atom stereocenters. The molecule has 3 heteroatoms. The smallest absolute Gasteiger partial charge is 0.225 e. The molecule has 0 N–H and O–H groups in total. The molecule has 13 heavy (non-hydrogen) atoms. The van der Waals surface area contributed by atoms with E-state index in [-0.39, 0.29) is 0 Å². The highest BCUT2D eigenvalue weighted by molar-refractivity contribution is 9.10. The van der Waals surface area contributed by atoms with Gasteiger partial charge in [-0.25, -0.2) is 4.98 Å². The van der Waals surface area contributed by atoms with Crippen LogP contribution in [0.15, 0.2) is 39.5 Å². The van der Waals surface area contributed by atoms with Gasteiger partial charge in [0.1, 0.15) is 6.26 Å². The molecule has 0 aliphatic carbocycles. The van der Waals surface area contributed by atoms with Crippen molar-refractivity contribution in [3.8, 4) is 11.5 Å². The van der Waals surface area contributed by atoms with Gasteiger partial charge in [0.15, 0.2) is 0 Å². The van der Waals surface area contributed by atoms with E-state index in [9.17, 15) is 0 Å². The van der Waals surface area contributed by atoms with Gasteiger partial charge in [0, 0.05) is 10.0 Å². The molecular formula is C10H8BrNO. The van der Waals surface area contributed by atoms with E-state index in [1.54, 1.807) is 12.5 Å². The van der Waals surface area contributed by atoms with Gasteiger partial charge in [0.05, 0.1) is 6.20 Å². The van der Waals surface area contributed by atoms with Crippen LogP contribution in [0.1, 0.15) is 5.56 Å². The third-order valence-electron chi connectivity index (χ3n) is 1.85. The van der Waals surface area contributed by atoms with Gasteiger partial charge in [-0.2, -0.15) is 0 Å². The van der Waals surface area contributed by atoms with Gasteiger partial charge in [-0.05, 0) is 24.6 Å². The van der Waals surface area contributed by atoms with Crippen molar-refractivity contribution in [1.29, 1.82) is 0 Å². The first kappa shape index (κ1) is 8.51. The summed E-state index contributed by atoms with van der Waals surface area (Å²) in [6.07, 6.45) is 3.21. The molecule has 0 fully saturated rings. The SMILES string of the molecule is Cc1ccc(-c2ncco2)cc1Br. The Labute approximate surface area is 84.7 Å². The van der Waals surface area contributed by atoms with Crippen LogP contribution in [0.5, 0.6) is 0 Å². The summed E-state index contributed by atoms with van der Waals surface area (Å²) in [5.41, 5.74) is 2.19. The molecule has 0 amide bonds. The topological polar surface area (TPSA) is 26.0 Å². The van der Waals surface area contributed by atoms with E-state index in [0.29, 0.717) is 5.89 Å². The minimum atomic E-state index is 0.653. The quantitative estimate of drug-likeness (QED) is 0.760. The van der Waals surface area contributed by atoms with Crippen LogP contribution in [0.4, 0.5) is 0 Å². The molecular weight excluding hydrogens is 230 g/mol. The molecule has 1 heterocycles. The second-order valence-electron chi connectivity index (χ2n) is 2.80. The van der Waals surface area contributed by atoms with Crippen LogP contribution >= 0.6 is 15.9 Å². The Balaban J connectivity index is 2.49. The minimum Gasteiger partial charge on any atom is -0.445 e. The maximum absolute atomic E-state index is 5.18. The Morgan fingerprint density at radius 3 is 2.85 bits per heavy atom. The highest BCUT2D eigenvalue weighted by Gasteiger charge is 2.03. The van der Waals surface area contributed by atoms with E-state index in [1.165, 1.54) is 5.56 Å². The Morgan fingerprint density at radius 2 is 2.23 bits per heavy atom. The molecule has 0 atom stereocenters. The zero-order valence-electron chi connectivity index (χ0n) is 7.12. The monoisotopic (exact) mass is 237 g/mol. The van der Waals surface area contributed by atoms with Crippen molar-refractivity contribution < 1.29 is 4.42 Å². The van der Waals surface area contributed by atoms with Gasteiger partial charge in [-0.1, -0.05) is 22.0 Å². The lowest BCUT2D eigenvalue weighted by atomic mass is 10.1. The number of halogens is 1. The number of benzene rings is 1. The lowest BCUT2D eigenvalue weighted by Crippen LogP contribution is -1.79. The molecule has 1 aromatic carbocycles. The van der Waals surface area contributed by atoms with Crippen LogP contribution in [-0.4, -0.2) is 4.98 Å². The van der Waals surface area contributed by atoms with Crippen molar-refractivity contribution in [3.63, 3.8) is 0 Å². The molecule has 0 saturated heterocycles. The number of oxazole rings is 1. The number of hydrogen-bond acceptors (Lipinski definition) is 2. The van der Waals surface area contributed by atoms with Crippen molar-refractivity contribution in [2.75, 3.05) is 0 Å². The summed E-state index contributed by atoms with van der Waals surface area (Å²) in [4.78, 5) is 4.07. The van der Waals surface area contributed by atoms with E-state index in [1.807, 2.05) is 25.1 Å². The summed E-state index contributed by atoms with van der Waals surface area (Å²) in [6, 6.07) is 6.02. The minimum absolute atomic E-state index is 0.653. The molecule has 0 spiro atoms. The molecule has 66 valence electrons. The van der Waals surface area contributed by atoms with Crippen LogP contribution in [0.2, 0.25) is 0 Å². The fraction of sp³-hybridized carbons (Fsp3) is 0.100. The van der Waals surface area contributed by atoms with Crippen LogP contribution in [0.25, 0.3) is 11.5 Å². The highest BCUT2D eigenvalue weighted by Crippen LogP contribution is 2.24. The van der Waals surface area contributed by atoms with Crippen molar-refractivity contribution in [3.05, 3.63) is 40.7 Å². The van der Waals surface area contributed by atoms with Gasteiger partial charge in [-0.3, -0.25) is 0 Å². The molecule has 0 aliphatic rings. The van der Waals surface area contributed by atoms with Gasteiger partial charge in [0.2, 0.25) is 5.89 Å². The van der Waals surface area contributed by atoms with Gasteiger partial charge < -0.3 is 4.42 Å². The first-order valence-electron chi connectivity index (χ1n) is 3.93. The summed E-state index contributed by atoms with van der Waals surface area (Å²) in [6.45, 7) is 2.05.